The largest absolute Gasteiger partial charge is 0.495 e. The number of furan rings is 1. The van der Waals surface area contributed by atoms with Crippen molar-refractivity contribution in [2.24, 2.45) is 13.0 Å². The van der Waals surface area contributed by atoms with E-state index in [0.717, 1.165) is 22.0 Å². The first-order valence-corrected chi connectivity index (χ1v) is 11.9. The van der Waals surface area contributed by atoms with Crippen LogP contribution < -0.4 is 14.8 Å². The number of ether oxygens (including phenoxy) is 2. The van der Waals surface area contributed by atoms with Crippen LogP contribution in [-0.4, -0.2) is 30.1 Å². The molecule has 178 valence electrons. The lowest BCUT2D eigenvalue weighted by atomic mass is 9.86. The number of aryl methyl sites for hydroxylation is 1. The summed E-state index contributed by atoms with van der Waals surface area (Å²) in [5.41, 5.74) is 3.15. The second-order valence-corrected chi connectivity index (χ2v) is 9.51. The van der Waals surface area contributed by atoms with Gasteiger partial charge in [-0.15, -0.1) is 0 Å². The van der Waals surface area contributed by atoms with Crippen molar-refractivity contribution in [2.45, 2.75) is 19.3 Å². The summed E-state index contributed by atoms with van der Waals surface area (Å²) < 4.78 is 19.0. The number of hydrogen-bond donors (Lipinski definition) is 1. The molecule has 0 unspecified atom stereocenters. The minimum Gasteiger partial charge on any atom is -0.495 e. The fraction of sp³-hybridized carbons (Fsp3) is 0.259. The molecule has 0 bridgehead atoms. The standard InChI is InChI=1S/C27H23ClN2O5/c1-30-11-18(17-9-23(33-2)20(28)10-21(17)30)24-25(27(32)29-26(24)31)19-13-35-22-8-15(6-7-16(19)22)34-12-14-4-3-5-14/h6-11,13-14H,3-5,12H2,1-2H3,(H,29,31,32). The first-order valence-electron chi connectivity index (χ1n) is 11.5. The average molecular weight is 491 g/mol. The molecule has 2 aliphatic rings. The van der Waals surface area contributed by atoms with Gasteiger partial charge in [0.15, 0.2) is 0 Å². The molecule has 1 N–H and O–H groups in total. The maximum Gasteiger partial charge on any atom is 0.259 e. The molecule has 0 radical (unpaired) electrons. The first-order chi connectivity index (χ1) is 16.9. The lowest BCUT2D eigenvalue weighted by Crippen LogP contribution is -2.22. The fourth-order valence-corrected chi connectivity index (χ4v) is 5.11. The van der Waals surface area contributed by atoms with Crippen molar-refractivity contribution in [3.8, 4) is 11.5 Å². The Morgan fingerprint density at radius 1 is 1.09 bits per heavy atom. The van der Waals surface area contributed by atoms with E-state index < -0.39 is 11.8 Å². The molecule has 35 heavy (non-hydrogen) atoms. The third-order valence-electron chi connectivity index (χ3n) is 6.99. The number of nitrogens with zero attached hydrogens (tertiary/aromatic N) is 1. The number of hydrogen-bond acceptors (Lipinski definition) is 5. The topological polar surface area (TPSA) is 82.7 Å². The normalized spacial score (nSPS) is 16.3. The number of methoxy groups -OCH3 is 1. The molecule has 2 aromatic heterocycles. The second-order valence-electron chi connectivity index (χ2n) is 9.11. The number of rotatable bonds is 6. The predicted octanol–water partition coefficient (Wildman–Crippen LogP) is 5.33. The molecule has 0 atom stereocenters. The van der Waals surface area contributed by atoms with Crippen LogP contribution in [0.25, 0.3) is 33.0 Å². The number of fused-ring (bicyclic) bond motifs is 2. The summed E-state index contributed by atoms with van der Waals surface area (Å²) in [5.74, 6) is 0.913. The van der Waals surface area contributed by atoms with Crippen LogP contribution in [0.15, 0.2) is 47.2 Å². The average Bonchev–Trinajstić information content (AvgIpc) is 3.44. The Morgan fingerprint density at radius 2 is 1.86 bits per heavy atom. The van der Waals surface area contributed by atoms with Crippen LogP contribution in [-0.2, 0) is 16.6 Å². The summed E-state index contributed by atoms with van der Waals surface area (Å²) in [6.45, 7) is 0.694. The molecule has 1 saturated carbocycles. The molecule has 1 aliphatic heterocycles. The van der Waals surface area contributed by atoms with Gasteiger partial charge in [-0.25, -0.2) is 0 Å². The zero-order valence-electron chi connectivity index (χ0n) is 19.3. The Hall–Kier alpha value is -3.71. The number of benzene rings is 2. The smallest absolute Gasteiger partial charge is 0.259 e. The highest BCUT2D eigenvalue weighted by molar-refractivity contribution is 6.50. The first kappa shape index (κ1) is 21.8. The fourth-order valence-electron chi connectivity index (χ4n) is 4.87. The van der Waals surface area contributed by atoms with Crippen LogP contribution >= 0.6 is 11.6 Å². The van der Waals surface area contributed by atoms with Gasteiger partial charge in [-0.1, -0.05) is 18.0 Å². The molecule has 4 aromatic rings. The number of carbonyl (C=O) groups excluding carboxylic acids is 2. The molecule has 6 rings (SSSR count). The molecule has 0 saturated heterocycles. The highest BCUT2D eigenvalue weighted by Crippen LogP contribution is 2.41. The highest BCUT2D eigenvalue weighted by atomic mass is 35.5. The second kappa shape index (κ2) is 8.20. The molecule has 3 heterocycles. The summed E-state index contributed by atoms with van der Waals surface area (Å²) in [6, 6.07) is 9.15. The van der Waals surface area contributed by atoms with Crippen LogP contribution in [0.2, 0.25) is 5.02 Å². The van der Waals surface area contributed by atoms with E-state index >= 15 is 0 Å². The molecule has 0 spiro atoms. The van der Waals surface area contributed by atoms with Crippen LogP contribution in [0.1, 0.15) is 30.4 Å². The van der Waals surface area contributed by atoms with Crippen molar-refractivity contribution in [1.29, 1.82) is 0 Å². The van der Waals surface area contributed by atoms with Gasteiger partial charge in [-0.3, -0.25) is 14.9 Å². The molecule has 1 fully saturated rings. The molecular weight excluding hydrogens is 468 g/mol. The van der Waals surface area contributed by atoms with Gasteiger partial charge in [0.25, 0.3) is 11.8 Å². The van der Waals surface area contributed by atoms with E-state index in [-0.39, 0.29) is 11.1 Å². The van der Waals surface area contributed by atoms with E-state index in [0.29, 0.717) is 40.0 Å². The SMILES string of the molecule is COc1cc2c(C3=C(c4coc5cc(OCC6CCC6)ccc45)C(=O)NC3=O)cn(C)c2cc1Cl. The molecular formula is C27H23ClN2O5. The molecule has 2 amide bonds. The Morgan fingerprint density at radius 3 is 2.57 bits per heavy atom. The van der Waals surface area contributed by atoms with Crippen molar-refractivity contribution in [1.82, 2.24) is 9.88 Å². The number of aromatic nitrogens is 1. The Kier molecular flexibility index (Phi) is 5.11. The van der Waals surface area contributed by atoms with E-state index in [1.165, 1.54) is 32.6 Å². The summed E-state index contributed by atoms with van der Waals surface area (Å²) in [6.07, 6.45) is 7.03. The number of carbonyl (C=O) groups is 2. The Bertz CT molecular complexity index is 1560. The van der Waals surface area contributed by atoms with Gasteiger partial charge in [-0.05, 0) is 43.0 Å². The quantitative estimate of drug-likeness (QED) is 0.369. The monoisotopic (exact) mass is 490 g/mol. The minimum atomic E-state index is -0.462. The van der Waals surface area contributed by atoms with Crippen LogP contribution in [0, 0.1) is 5.92 Å². The third-order valence-corrected chi connectivity index (χ3v) is 7.29. The van der Waals surface area contributed by atoms with E-state index in [1.807, 2.05) is 36.0 Å². The van der Waals surface area contributed by atoms with Gasteiger partial charge in [0.05, 0.1) is 41.7 Å². The van der Waals surface area contributed by atoms with Crippen LogP contribution in [0.5, 0.6) is 11.5 Å². The van der Waals surface area contributed by atoms with E-state index in [4.69, 9.17) is 25.5 Å². The molecule has 2 aromatic carbocycles. The van der Waals surface area contributed by atoms with Gasteiger partial charge in [-0.2, -0.15) is 0 Å². The van der Waals surface area contributed by atoms with Gasteiger partial charge in [0.1, 0.15) is 17.1 Å². The van der Waals surface area contributed by atoms with Gasteiger partial charge < -0.3 is 18.5 Å². The number of nitrogens with one attached hydrogen (secondary N) is 1. The van der Waals surface area contributed by atoms with E-state index in [2.05, 4.69) is 5.32 Å². The molecule has 7 nitrogen and oxygen atoms in total. The maximum atomic E-state index is 13.0. The zero-order valence-corrected chi connectivity index (χ0v) is 20.1. The molecule has 1 aliphatic carbocycles. The Labute approximate surface area is 206 Å². The summed E-state index contributed by atoms with van der Waals surface area (Å²) in [4.78, 5) is 26.0. The maximum absolute atomic E-state index is 13.0. The van der Waals surface area contributed by atoms with Crippen molar-refractivity contribution in [2.75, 3.05) is 13.7 Å². The van der Waals surface area contributed by atoms with Crippen molar-refractivity contribution >= 4 is 56.4 Å². The molecule has 8 heteroatoms. The van der Waals surface area contributed by atoms with E-state index in [1.54, 1.807) is 12.1 Å². The summed E-state index contributed by atoms with van der Waals surface area (Å²) in [5, 5.41) is 4.41. The Balaban J connectivity index is 1.48. The van der Waals surface area contributed by atoms with Crippen LogP contribution in [0.3, 0.4) is 0 Å². The predicted molar refractivity (Wildman–Crippen MR) is 133 cm³/mol. The van der Waals surface area contributed by atoms with Crippen molar-refractivity contribution in [3.63, 3.8) is 0 Å². The zero-order chi connectivity index (χ0) is 24.3. The number of halogens is 1. The number of imide groups is 1. The highest BCUT2D eigenvalue weighted by Gasteiger charge is 2.35. The van der Waals surface area contributed by atoms with Gasteiger partial charge in [0, 0.05) is 41.2 Å². The lowest BCUT2D eigenvalue weighted by Gasteiger charge is -2.25. The minimum absolute atomic E-state index is 0.276. The van der Waals surface area contributed by atoms with Gasteiger partial charge in [0.2, 0.25) is 0 Å². The third kappa shape index (κ3) is 3.49. The lowest BCUT2D eigenvalue weighted by molar-refractivity contribution is -0.122. The van der Waals surface area contributed by atoms with Crippen molar-refractivity contribution < 1.29 is 23.5 Å². The van der Waals surface area contributed by atoms with Gasteiger partial charge >= 0.3 is 0 Å². The summed E-state index contributed by atoms with van der Waals surface area (Å²) >= 11 is 6.33. The van der Waals surface area contributed by atoms with Crippen molar-refractivity contribution in [3.05, 3.63) is 58.9 Å². The van der Waals surface area contributed by atoms with E-state index in [9.17, 15) is 9.59 Å². The van der Waals surface area contributed by atoms with Crippen LogP contribution in [0.4, 0.5) is 0 Å². The summed E-state index contributed by atoms with van der Waals surface area (Å²) in [7, 11) is 3.40. The number of amides is 2.